The van der Waals surface area contributed by atoms with Crippen LogP contribution in [0.15, 0.2) is 0 Å². The number of ether oxygens (including phenoxy) is 2. The summed E-state index contributed by atoms with van der Waals surface area (Å²) in [5.74, 6) is 0.182. The average Bonchev–Trinajstić information content (AvgIpc) is 2.15. The maximum absolute atomic E-state index is 11.3. The van der Waals surface area contributed by atoms with E-state index in [2.05, 4.69) is 5.32 Å². The maximum Gasteiger partial charge on any atom is 0.325 e. The van der Waals surface area contributed by atoms with Crippen LogP contribution in [0.1, 0.15) is 13.8 Å². The maximum atomic E-state index is 11.3. The van der Waals surface area contributed by atoms with E-state index in [-0.39, 0.29) is 12.0 Å². The van der Waals surface area contributed by atoms with E-state index in [4.69, 9.17) is 9.47 Å². The normalized spacial score (nSPS) is 23.2. The zero-order valence-electron chi connectivity index (χ0n) is 8.21. The van der Waals surface area contributed by atoms with E-state index in [0.29, 0.717) is 25.7 Å². The Balaban J connectivity index is 2.21. The molecule has 4 nitrogen and oxygen atoms in total. The summed E-state index contributed by atoms with van der Waals surface area (Å²) in [6.07, 6.45) is 0. The number of nitrogens with one attached hydrogen (secondary N) is 1. The second-order valence-corrected chi connectivity index (χ2v) is 3.61. The van der Waals surface area contributed by atoms with Gasteiger partial charge in [-0.25, -0.2) is 0 Å². The van der Waals surface area contributed by atoms with Crippen molar-refractivity contribution in [2.24, 2.45) is 5.92 Å². The van der Waals surface area contributed by atoms with Crippen LogP contribution in [0, 0.1) is 5.92 Å². The van der Waals surface area contributed by atoms with Gasteiger partial charge in [-0.15, -0.1) is 0 Å². The van der Waals surface area contributed by atoms with E-state index in [1.807, 2.05) is 13.8 Å². The predicted molar refractivity (Wildman–Crippen MR) is 48.4 cm³/mol. The Labute approximate surface area is 78.6 Å². The van der Waals surface area contributed by atoms with Crippen LogP contribution in [0.3, 0.4) is 0 Å². The number of hydrogen-bond acceptors (Lipinski definition) is 4. The quantitative estimate of drug-likeness (QED) is 0.640. The van der Waals surface area contributed by atoms with Crippen molar-refractivity contribution in [3.8, 4) is 0 Å². The smallest absolute Gasteiger partial charge is 0.325 e. The molecule has 0 aromatic heterocycles. The molecule has 0 spiro atoms. The summed E-state index contributed by atoms with van der Waals surface area (Å²) < 4.78 is 10.2. The number of carbonyl (C=O) groups excluding carboxylic acids is 1. The second-order valence-electron chi connectivity index (χ2n) is 3.61. The monoisotopic (exact) mass is 187 g/mol. The Morgan fingerprint density at radius 2 is 2.46 bits per heavy atom. The van der Waals surface area contributed by atoms with Gasteiger partial charge in [0.25, 0.3) is 0 Å². The minimum absolute atomic E-state index is 0.201. The third-order valence-electron chi connectivity index (χ3n) is 1.77. The first-order valence-corrected chi connectivity index (χ1v) is 4.68. The zero-order chi connectivity index (χ0) is 9.68. The fraction of sp³-hybridized carbons (Fsp3) is 0.889. The molecule has 1 fully saturated rings. The Kier molecular flexibility index (Phi) is 4.18. The lowest BCUT2D eigenvalue weighted by atomic mass is 10.2. The Morgan fingerprint density at radius 1 is 1.69 bits per heavy atom. The summed E-state index contributed by atoms with van der Waals surface area (Å²) in [5, 5.41) is 3.04. The van der Waals surface area contributed by atoms with Crippen LogP contribution in [0.4, 0.5) is 0 Å². The molecule has 1 heterocycles. The van der Waals surface area contributed by atoms with Crippen LogP contribution < -0.4 is 5.32 Å². The Bertz CT molecular complexity index is 164. The van der Waals surface area contributed by atoms with E-state index in [1.54, 1.807) is 0 Å². The molecule has 0 aromatic carbocycles. The highest BCUT2D eigenvalue weighted by atomic mass is 16.5. The number of carbonyl (C=O) groups is 1. The average molecular weight is 187 g/mol. The number of esters is 1. The largest absolute Gasteiger partial charge is 0.464 e. The van der Waals surface area contributed by atoms with Crippen molar-refractivity contribution in [2.45, 2.75) is 19.9 Å². The molecule has 1 aliphatic heterocycles. The molecule has 1 saturated heterocycles. The van der Waals surface area contributed by atoms with Gasteiger partial charge in [-0.05, 0) is 5.92 Å². The highest BCUT2D eigenvalue weighted by Crippen LogP contribution is 1.99. The molecule has 0 bridgehead atoms. The molecule has 1 atom stereocenters. The first-order chi connectivity index (χ1) is 6.20. The molecule has 76 valence electrons. The Morgan fingerprint density at radius 3 is 3.00 bits per heavy atom. The van der Waals surface area contributed by atoms with Gasteiger partial charge in [-0.1, -0.05) is 13.8 Å². The van der Waals surface area contributed by atoms with Gasteiger partial charge in [0.05, 0.1) is 19.8 Å². The van der Waals surface area contributed by atoms with Crippen molar-refractivity contribution in [3.63, 3.8) is 0 Å². The van der Waals surface area contributed by atoms with Gasteiger partial charge in [0.15, 0.2) is 0 Å². The highest BCUT2D eigenvalue weighted by molar-refractivity contribution is 5.76. The van der Waals surface area contributed by atoms with E-state index >= 15 is 0 Å². The summed E-state index contributed by atoms with van der Waals surface area (Å²) in [6.45, 7) is 6.33. The predicted octanol–water partition coefficient (Wildman–Crippen LogP) is 0.174. The van der Waals surface area contributed by atoms with Gasteiger partial charge in [-0.3, -0.25) is 4.79 Å². The van der Waals surface area contributed by atoms with Crippen LogP contribution in [-0.4, -0.2) is 38.4 Å². The SMILES string of the molecule is CC(C)COC(=O)C1COCCN1. The van der Waals surface area contributed by atoms with Crippen molar-refractivity contribution in [1.82, 2.24) is 5.32 Å². The topological polar surface area (TPSA) is 47.6 Å². The summed E-state index contributed by atoms with van der Waals surface area (Å²) in [5.41, 5.74) is 0. The van der Waals surface area contributed by atoms with Crippen LogP contribution in [0.2, 0.25) is 0 Å². The lowest BCUT2D eigenvalue weighted by Crippen LogP contribution is -2.47. The number of hydrogen-bond donors (Lipinski definition) is 1. The summed E-state index contributed by atoms with van der Waals surface area (Å²) in [7, 11) is 0. The molecular weight excluding hydrogens is 170 g/mol. The fourth-order valence-electron chi connectivity index (χ4n) is 1.07. The highest BCUT2D eigenvalue weighted by Gasteiger charge is 2.22. The molecule has 1 N–H and O–H groups in total. The molecule has 0 saturated carbocycles. The molecule has 4 heteroatoms. The molecule has 0 amide bonds. The van der Waals surface area contributed by atoms with Crippen LogP contribution in [0.25, 0.3) is 0 Å². The number of rotatable bonds is 3. The van der Waals surface area contributed by atoms with Crippen LogP contribution >= 0.6 is 0 Å². The summed E-state index contributed by atoms with van der Waals surface area (Å²) >= 11 is 0. The molecule has 0 radical (unpaired) electrons. The van der Waals surface area contributed by atoms with E-state index < -0.39 is 0 Å². The summed E-state index contributed by atoms with van der Waals surface area (Å²) in [6, 6.07) is -0.271. The van der Waals surface area contributed by atoms with Gasteiger partial charge in [0.2, 0.25) is 0 Å². The van der Waals surface area contributed by atoms with Crippen LogP contribution in [0.5, 0.6) is 0 Å². The van der Waals surface area contributed by atoms with Crippen molar-refractivity contribution in [1.29, 1.82) is 0 Å². The Hall–Kier alpha value is -0.610. The summed E-state index contributed by atoms with van der Waals surface area (Å²) in [4.78, 5) is 11.3. The van der Waals surface area contributed by atoms with Gasteiger partial charge in [-0.2, -0.15) is 0 Å². The van der Waals surface area contributed by atoms with Gasteiger partial charge >= 0.3 is 5.97 Å². The molecule has 0 aromatic rings. The fourth-order valence-corrected chi connectivity index (χ4v) is 1.07. The third-order valence-corrected chi connectivity index (χ3v) is 1.77. The first kappa shape index (κ1) is 10.5. The molecule has 1 unspecified atom stereocenters. The van der Waals surface area contributed by atoms with Crippen LogP contribution in [-0.2, 0) is 14.3 Å². The lowest BCUT2D eigenvalue weighted by molar-refractivity contribution is -0.150. The van der Waals surface area contributed by atoms with E-state index in [1.165, 1.54) is 0 Å². The molecule has 1 rings (SSSR count). The van der Waals surface area contributed by atoms with Crippen molar-refractivity contribution < 1.29 is 14.3 Å². The lowest BCUT2D eigenvalue weighted by Gasteiger charge is -2.22. The van der Waals surface area contributed by atoms with Crippen molar-refractivity contribution in [3.05, 3.63) is 0 Å². The van der Waals surface area contributed by atoms with Gasteiger partial charge in [0.1, 0.15) is 6.04 Å². The standard InChI is InChI=1S/C9H17NO3/c1-7(2)5-13-9(11)8-6-12-4-3-10-8/h7-8,10H,3-6H2,1-2H3. The zero-order valence-corrected chi connectivity index (χ0v) is 8.21. The number of morpholine rings is 1. The van der Waals surface area contributed by atoms with Gasteiger partial charge in [0, 0.05) is 6.54 Å². The molecule has 13 heavy (non-hydrogen) atoms. The minimum Gasteiger partial charge on any atom is -0.464 e. The second kappa shape index (κ2) is 5.19. The molecule has 1 aliphatic rings. The van der Waals surface area contributed by atoms with Gasteiger partial charge < -0.3 is 14.8 Å². The molecular formula is C9H17NO3. The van der Waals surface area contributed by atoms with E-state index in [0.717, 1.165) is 6.54 Å². The third kappa shape index (κ3) is 3.74. The molecule has 0 aliphatic carbocycles. The van der Waals surface area contributed by atoms with Crippen molar-refractivity contribution in [2.75, 3.05) is 26.4 Å². The van der Waals surface area contributed by atoms with E-state index in [9.17, 15) is 4.79 Å². The van der Waals surface area contributed by atoms with Crippen molar-refractivity contribution >= 4 is 5.97 Å². The minimum atomic E-state index is -0.271. The first-order valence-electron chi connectivity index (χ1n) is 4.68.